The summed E-state index contributed by atoms with van der Waals surface area (Å²) in [5, 5.41) is 6.52. The average molecular weight is 337 g/mol. The molecule has 3 amide bonds. The zero-order chi connectivity index (χ0) is 16.4. The van der Waals surface area contributed by atoms with E-state index in [1.807, 2.05) is 7.05 Å². The molecule has 23 heavy (non-hydrogen) atoms. The van der Waals surface area contributed by atoms with Gasteiger partial charge in [0.15, 0.2) is 0 Å². The van der Waals surface area contributed by atoms with E-state index in [2.05, 4.69) is 10.6 Å². The lowest BCUT2D eigenvalue weighted by molar-refractivity contribution is 0.0703. The van der Waals surface area contributed by atoms with Gasteiger partial charge in [0.1, 0.15) is 0 Å². The second kappa shape index (κ2) is 6.76. The Bertz CT molecular complexity index is 616. The molecule has 1 aromatic carbocycles. The molecule has 0 unspecified atom stereocenters. The molecule has 0 aromatic heterocycles. The quantitative estimate of drug-likeness (QED) is 0.883. The lowest BCUT2D eigenvalue weighted by Crippen LogP contribution is -2.44. The normalized spacial score (nSPS) is 18.9. The molecular weight excluding hydrogens is 316 g/mol. The summed E-state index contributed by atoms with van der Waals surface area (Å²) in [5.74, 6) is -0.0329. The molecule has 3 rings (SSSR count). The first-order valence-electron chi connectivity index (χ1n) is 7.90. The van der Waals surface area contributed by atoms with Crippen LogP contribution in [0.1, 0.15) is 23.2 Å². The van der Waals surface area contributed by atoms with Crippen LogP contribution < -0.4 is 15.5 Å². The van der Waals surface area contributed by atoms with Crippen LogP contribution in [0.5, 0.6) is 0 Å². The van der Waals surface area contributed by atoms with Crippen molar-refractivity contribution >= 4 is 29.2 Å². The fourth-order valence-corrected chi connectivity index (χ4v) is 3.34. The number of carbonyl (C=O) groups excluding carboxylic acids is 2. The smallest absolute Gasteiger partial charge is 0.322 e. The van der Waals surface area contributed by atoms with Gasteiger partial charge in [-0.05, 0) is 44.1 Å². The Labute approximate surface area is 140 Å². The number of amides is 3. The van der Waals surface area contributed by atoms with E-state index in [-0.39, 0.29) is 18.0 Å². The number of piperidine rings is 1. The number of urea groups is 1. The lowest BCUT2D eigenvalue weighted by Gasteiger charge is -2.32. The van der Waals surface area contributed by atoms with Crippen LogP contribution in [0.3, 0.4) is 0 Å². The highest BCUT2D eigenvalue weighted by Crippen LogP contribution is 2.29. The highest BCUT2D eigenvalue weighted by Gasteiger charge is 2.26. The van der Waals surface area contributed by atoms with Crippen molar-refractivity contribution < 1.29 is 9.59 Å². The maximum absolute atomic E-state index is 12.7. The Kier molecular flexibility index (Phi) is 4.73. The number of nitrogens with zero attached hydrogens (tertiary/aromatic N) is 2. The van der Waals surface area contributed by atoms with Crippen LogP contribution in [0.15, 0.2) is 18.2 Å². The summed E-state index contributed by atoms with van der Waals surface area (Å²) in [4.78, 5) is 28.0. The van der Waals surface area contributed by atoms with Crippen molar-refractivity contribution in [2.24, 2.45) is 0 Å². The standard InChI is InChI=1S/C16H21ClN4O2/c1-20(12-4-6-18-7-5-12)15(22)11-2-3-13(17)14(10-11)21-9-8-19-16(21)23/h2-3,10,12,18H,4-9H2,1H3,(H,19,23). The van der Waals surface area contributed by atoms with Gasteiger partial charge in [0, 0.05) is 31.7 Å². The van der Waals surface area contributed by atoms with Crippen molar-refractivity contribution in [3.63, 3.8) is 0 Å². The Balaban J connectivity index is 1.82. The minimum Gasteiger partial charge on any atom is -0.339 e. The van der Waals surface area contributed by atoms with E-state index in [0.29, 0.717) is 29.4 Å². The number of hydrogen-bond acceptors (Lipinski definition) is 3. The molecule has 0 atom stereocenters. The fraction of sp³-hybridized carbons (Fsp3) is 0.500. The Morgan fingerprint density at radius 2 is 2.04 bits per heavy atom. The third kappa shape index (κ3) is 3.28. The zero-order valence-corrected chi connectivity index (χ0v) is 13.9. The van der Waals surface area contributed by atoms with E-state index in [9.17, 15) is 9.59 Å². The molecule has 124 valence electrons. The van der Waals surface area contributed by atoms with Crippen molar-refractivity contribution in [1.29, 1.82) is 0 Å². The first-order chi connectivity index (χ1) is 11.1. The molecule has 2 aliphatic heterocycles. The molecule has 6 nitrogen and oxygen atoms in total. The molecule has 2 heterocycles. The molecule has 0 aliphatic carbocycles. The van der Waals surface area contributed by atoms with Gasteiger partial charge in [-0.15, -0.1) is 0 Å². The van der Waals surface area contributed by atoms with Gasteiger partial charge in [-0.25, -0.2) is 4.79 Å². The minimum atomic E-state index is -0.178. The monoisotopic (exact) mass is 336 g/mol. The van der Waals surface area contributed by atoms with Gasteiger partial charge in [0.25, 0.3) is 5.91 Å². The van der Waals surface area contributed by atoms with Crippen molar-refractivity contribution in [3.05, 3.63) is 28.8 Å². The van der Waals surface area contributed by atoms with Crippen molar-refractivity contribution in [2.45, 2.75) is 18.9 Å². The number of benzene rings is 1. The summed E-state index contributed by atoms with van der Waals surface area (Å²) < 4.78 is 0. The van der Waals surface area contributed by atoms with Crippen LogP contribution in [-0.4, -0.2) is 56.1 Å². The van der Waals surface area contributed by atoms with Crippen LogP contribution in [0, 0.1) is 0 Å². The second-order valence-corrected chi connectivity index (χ2v) is 6.35. The molecule has 2 saturated heterocycles. The van der Waals surface area contributed by atoms with E-state index in [0.717, 1.165) is 25.9 Å². The van der Waals surface area contributed by atoms with Crippen LogP contribution in [0.4, 0.5) is 10.5 Å². The van der Waals surface area contributed by atoms with E-state index in [1.54, 1.807) is 28.0 Å². The minimum absolute atomic E-state index is 0.0329. The summed E-state index contributed by atoms with van der Waals surface area (Å²) in [7, 11) is 1.84. The molecule has 0 bridgehead atoms. The highest BCUT2D eigenvalue weighted by atomic mass is 35.5. The van der Waals surface area contributed by atoms with Crippen LogP contribution in [0.2, 0.25) is 5.02 Å². The van der Waals surface area contributed by atoms with Crippen LogP contribution in [0.25, 0.3) is 0 Å². The third-order valence-corrected chi connectivity index (χ3v) is 4.84. The zero-order valence-electron chi connectivity index (χ0n) is 13.1. The predicted octanol–water partition coefficient (Wildman–Crippen LogP) is 1.69. The lowest BCUT2D eigenvalue weighted by atomic mass is 10.0. The summed E-state index contributed by atoms with van der Waals surface area (Å²) >= 11 is 6.22. The maximum atomic E-state index is 12.7. The SMILES string of the molecule is CN(C(=O)c1ccc(Cl)c(N2CCNC2=O)c1)C1CCNCC1. The molecule has 2 N–H and O–H groups in total. The molecule has 0 saturated carbocycles. The number of rotatable bonds is 3. The molecular formula is C16H21ClN4O2. The Morgan fingerprint density at radius 1 is 1.30 bits per heavy atom. The van der Waals surface area contributed by atoms with Gasteiger partial charge in [0.05, 0.1) is 10.7 Å². The van der Waals surface area contributed by atoms with Crippen molar-refractivity contribution in [3.8, 4) is 0 Å². The molecule has 7 heteroatoms. The number of anilines is 1. The van der Waals surface area contributed by atoms with Gasteiger partial charge in [0.2, 0.25) is 0 Å². The van der Waals surface area contributed by atoms with E-state index < -0.39 is 0 Å². The van der Waals surface area contributed by atoms with Gasteiger partial charge < -0.3 is 15.5 Å². The summed E-state index contributed by atoms with van der Waals surface area (Å²) in [6.07, 6.45) is 1.91. The van der Waals surface area contributed by atoms with Crippen LogP contribution >= 0.6 is 11.6 Å². The largest absolute Gasteiger partial charge is 0.339 e. The molecule has 0 radical (unpaired) electrons. The van der Waals surface area contributed by atoms with Gasteiger partial charge in [-0.1, -0.05) is 11.6 Å². The Hall–Kier alpha value is -1.79. The summed E-state index contributed by atoms with van der Waals surface area (Å²) in [6, 6.07) is 5.19. The van der Waals surface area contributed by atoms with E-state index in [1.165, 1.54) is 0 Å². The van der Waals surface area contributed by atoms with E-state index in [4.69, 9.17) is 11.6 Å². The van der Waals surface area contributed by atoms with Gasteiger partial charge in [-0.2, -0.15) is 0 Å². The number of carbonyl (C=O) groups is 2. The average Bonchev–Trinajstić information content (AvgIpc) is 3.00. The highest BCUT2D eigenvalue weighted by molar-refractivity contribution is 6.34. The maximum Gasteiger partial charge on any atom is 0.322 e. The molecule has 2 fully saturated rings. The first kappa shape index (κ1) is 16.1. The number of halogens is 1. The number of nitrogens with one attached hydrogen (secondary N) is 2. The predicted molar refractivity (Wildman–Crippen MR) is 90.2 cm³/mol. The fourth-order valence-electron chi connectivity index (χ4n) is 3.12. The topological polar surface area (TPSA) is 64.7 Å². The molecule has 2 aliphatic rings. The summed E-state index contributed by atoms with van der Waals surface area (Å²) in [5.41, 5.74) is 1.15. The van der Waals surface area contributed by atoms with E-state index >= 15 is 0 Å². The van der Waals surface area contributed by atoms with Gasteiger partial charge in [-0.3, -0.25) is 9.69 Å². The third-order valence-electron chi connectivity index (χ3n) is 4.52. The van der Waals surface area contributed by atoms with Crippen molar-refractivity contribution in [2.75, 3.05) is 38.1 Å². The van der Waals surface area contributed by atoms with Crippen molar-refractivity contribution in [1.82, 2.24) is 15.5 Å². The first-order valence-corrected chi connectivity index (χ1v) is 8.28. The van der Waals surface area contributed by atoms with Crippen LogP contribution in [-0.2, 0) is 0 Å². The van der Waals surface area contributed by atoms with Gasteiger partial charge >= 0.3 is 6.03 Å². The number of hydrogen-bond donors (Lipinski definition) is 2. The summed E-state index contributed by atoms with van der Waals surface area (Å²) in [6.45, 7) is 3.01. The second-order valence-electron chi connectivity index (χ2n) is 5.95. The Morgan fingerprint density at radius 3 is 2.70 bits per heavy atom. The molecule has 0 spiro atoms. The molecule has 1 aromatic rings.